The van der Waals surface area contributed by atoms with Gasteiger partial charge in [0, 0.05) is 30.4 Å². The van der Waals surface area contributed by atoms with Crippen molar-refractivity contribution in [3.05, 3.63) is 60.2 Å². The second kappa shape index (κ2) is 11.5. The molecule has 170 valence electrons. The maximum atomic E-state index is 12.2. The van der Waals surface area contributed by atoms with Gasteiger partial charge < -0.3 is 25.4 Å². The van der Waals surface area contributed by atoms with Crippen LogP contribution in [-0.4, -0.2) is 37.2 Å². The summed E-state index contributed by atoms with van der Waals surface area (Å²) in [6, 6.07) is 14.1. The molecular formula is C24H29N3O5. The number of ether oxygens (including phenoxy) is 2. The van der Waals surface area contributed by atoms with Crippen LogP contribution in [0.1, 0.15) is 32.8 Å². The summed E-state index contributed by atoms with van der Waals surface area (Å²) < 4.78 is 10.3. The molecule has 0 atom stereocenters. The van der Waals surface area contributed by atoms with Crippen molar-refractivity contribution in [1.82, 2.24) is 5.32 Å². The fourth-order valence-corrected chi connectivity index (χ4v) is 2.59. The number of methoxy groups -OCH3 is 1. The summed E-state index contributed by atoms with van der Waals surface area (Å²) in [7, 11) is 1.58. The van der Waals surface area contributed by atoms with Crippen molar-refractivity contribution in [2.45, 2.75) is 32.8 Å². The molecule has 3 amide bonds. The highest BCUT2D eigenvalue weighted by atomic mass is 16.6. The molecule has 8 nitrogen and oxygen atoms in total. The van der Waals surface area contributed by atoms with Gasteiger partial charge >= 0.3 is 6.09 Å². The van der Waals surface area contributed by atoms with Crippen molar-refractivity contribution in [2.75, 3.05) is 24.3 Å². The van der Waals surface area contributed by atoms with Crippen LogP contribution in [0.25, 0.3) is 6.08 Å². The van der Waals surface area contributed by atoms with Crippen LogP contribution in [0.3, 0.4) is 0 Å². The van der Waals surface area contributed by atoms with E-state index < -0.39 is 11.7 Å². The Bertz CT molecular complexity index is 980. The Morgan fingerprint density at radius 3 is 2.34 bits per heavy atom. The van der Waals surface area contributed by atoms with Gasteiger partial charge in [-0.2, -0.15) is 0 Å². The lowest BCUT2D eigenvalue weighted by Crippen LogP contribution is -2.34. The summed E-state index contributed by atoms with van der Waals surface area (Å²) in [5.74, 6) is 0.123. The largest absolute Gasteiger partial charge is 0.497 e. The Morgan fingerprint density at radius 1 is 0.969 bits per heavy atom. The van der Waals surface area contributed by atoms with Crippen LogP contribution in [0.15, 0.2) is 54.6 Å². The highest BCUT2D eigenvalue weighted by Gasteiger charge is 2.15. The second-order valence-corrected chi connectivity index (χ2v) is 7.91. The van der Waals surface area contributed by atoms with Gasteiger partial charge in [-0.3, -0.25) is 9.59 Å². The lowest BCUT2D eigenvalue weighted by molar-refractivity contribution is -0.116. The van der Waals surface area contributed by atoms with Crippen LogP contribution < -0.4 is 20.7 Å². The molecule has 0 heterocycles. The number of carbonyl (C=O) groups excluding carboxylic acids is 3. The minimum atomic E-state index is -0.597. The Hall–Kier alpha value is -3.81. The summed E-state index contributed by atoms with van der Waals surface area (Å²) in [5, 5.41) is 8.02. The number of carbonyl (C=O) groups is 3. The van der Waals surface area contributed by atoms with Gasteiger partial charge in [-0.05, 0) is 62.7 Å². The van der Waals surface area contributed by atoms with Gasteiger partial charge in [-0.15, -0.1) is 0 Å². The van der Waals surface area contributed by atoms with E-state index in [1.54, 1.807) is 58.2 Å². The molecule has 2 rings (SSSR count). The lowest BCUT2D eigenvalue weighted by Gasteiger charge is -2.19. The van der Waals surface area contributed by atoms with Crippen LogP contribution in [-0.2, 0) is 14.3 Å². The van der Waals surface area contributed by atoms with Crippen molar-refractivity contribution >= 4 is 35.4 Å². The van der Waals surface area contributed by atoms with E-state index in [0.29, 0.717) is 17.1 Å². The summed E-state index contributed by atoms with van der Waals surface area (Å²) in [6.45, 7) is 5.44. The molecule has 0 saturated carbocycles. The van der Waals surface area contributed by atoms with Gasteiger partial charge in [-0.1, -0.05) is 18.2 Å². The van der Waals surface area contributed by atoms with E-state index in [4.69, 9.17) is 9.47 Å². The van der Waals surface area contributed by atoms with Gasteiger partial charge in [0.1, 0.15) is 11.4 Å². The number of amides is 3. The number of hydrogen-bond donors (Lipinski definition) is 3. The van der Waals surface area contributed by atoms with E-state index in [1.807, 2.05) is 24.3 Å². The molecule has 0 aromatic heterocycles. The van der Waals surface area contributed by atoms with E-state index in [0.717, 1.165) is 5.56 Å². The van der Waals surface area contributed by atoms with E-state index in [1.165, 1.54) is 6.08 Å². The highest BCUT2D eigenvalue weighted by molar-refractivity contribution is 6.02. The predicted molar refractivity (Wildman–Crippen MR) is 125 cm³/mol. The van der Waals surface area contributed by atoms with Crippen LogP contribution in [0.2, 0.25) is 0 Å². The quantitative estimate of drug-likeness (QED) is 0.535. The molecule has 0 aliphatic heterocycles. The molecule has 0 fully saturated rings. The number of anilines is 2. The highest BCUT2D eigenvalue weighted by Crippen LogP contribution is 2.16. The molecule has 2 aromatic rings. The standard InChI is InChI=1S/C24H29N3O5/c1-24(2,3)32-23(30)25-14-13-22(29)27-19-9-6-8-18(16-19)26-21(28)12-11-17-7-5-10-20(15-17)31-4/h5-12,15-16H,13-14H2,1-4H3,(H,25,30)(H,26,28)(H,27,29)/b12-11+. The normalized spacial score (nSPS) is 11.0. The first-order chi connectivity index (χ1) is 15.1. The third-order valence-electron chi connectivity index (χ3n) is 3.96. The van der Waals surface area contributed by atoms with E-state index in [9.17, 15) is 14.4 Å². The van der Waals surface area contributed by atoms with Gasteiger partial charge in [0.15, 0.2) is 0 Å². The third-order valence-corrected chi connectivity index (χ3v) is 3.96. The maximum Gasteiger partial charge on any atom is 0.407 e. The van der Waals surface area contributed by atoms with E-state index in [2.05, 4.69) is 16.0 Å². The number of benzene rings is 2. The molecule has 0 saturated heterocycles. The Balaban J connectivity index is 1.83. The van der Waals surface area contributed by atoms with Gasteiger partial charge in [0.25, 0.3) is 0 Å². The van der Waals surface area contributed by atoms with Crippen molar-refractivity contribution in [3.63, 3.8) is 0 Å². The Kier molecular flexibility index (Phi) is 8.83. The first-order valence-electron chi connectivity index (χ1n) is 10.1. The third kappa shape index (κ3) is 9.34. The smallest absolute Gasteiger partial charge is 0.407 e. The van der Waals surface area contributed by atoms with E-state index in [-0.39, 0.29) is 24.8 Å². The molecule has 32 heavy (non-hydrogen) atoms. The summed E-state index contributed by atoms with van der Waals surface area (Å²) in [6.07, 6.45) is 2.61. The molecule has 8 heteroatoms. The average molecular weight is 440 g/mol. The molecular weight excluding hydrogens is 410 g/mol. The Labute approximate surface area is 188 Å². The van der Waals surface area contributed by atoms with Crippen LogP contribution in [0, 0.1) is 0 Å². The number of alkyl carbamates (subject to hydrolysis) is 1. The maximum absolute atomic E-state index is 12.2. The zero-order valence-corrected chi connectivity index (χ0v) is 18.7. The SMILES string of the molecule is COc1cccc(/C=C/C(=O)Nc2cccc(NC(=O)CCNC(=O)OC(C)(C)C)c2)c1. The minimum Gasteiger partial charge on any atom is -0.497 e. The van der Waals surface area contributed by atoms with Crippen LogP contribution in [0.5, 0.6) is 5.75 Å². The minimum absolute atomic E-state index is 0.0824. The molecule has 0 aliphatic carbocycles. The number of rotatable bonds is 8. The molecule has 0 unspecified atom stereocenters. The zero-order chi connectivity index (χ0) is 23.6. The molecule has 0 aliphatic rings. The number of nitrogens with one attached hydrogen (secondary N) is 3. The molecule has 3 N–H and O–H groups in total. The van der Waals surface area contributed by atoms with Crippen LogP contribution >= 0.6 is 0 Å². The summed E-state index contributed by atoms with van der Waals surface area (Å²) >= 11 is 0. The molecule has 0 bridgehead atoms. The fraction of sp³-hybridized carbons (Fsp3) is 0.292. The van der Waals surface area contributed by atoms with E-state index >= 15 is 0 Å². The zero-order valence-electron chi connectivity index (χ0n) is 18.7. The van der Waals surface area contributed by atoms with Crippen molar-refractivity contribution in [3.8, 4) is 5.75 Å². The lowest BCUT2D eigenvalue weighted by atomic mass is 10.2. The van der Waals surface area contributed by atoms with Gasteiger partial charge in [0.05, 0.1) is 7.11 Å². The summed E-state index contributed by atoms with van der Waals surface area (Å²) in [4.78, 5) is 35.9. The molecule has 0 radical (unpaired) electrons. The molecule has 2 aromatic carbocycles. The summed E-state index contributed by atoms with van der Waals surface area (Å²) in [5.41, 5.74) is 1.30. The van der Waals surface area contributed by atoms with Gasteiger partial charge in [-0.25, -0.2) is 4.79 Å². The van der Waals surface area contributed by atoms with Crippen molar-refractivity contribution < 1.29 is 23.9 Å². The fourth-order valence-electron chi connectivity index (χ4n) is 2.59. The number of hydrogen-bond acceptors (Lipinski definition) is 5. The first-order valence-corrected chi connectivity index (χ1v) is 10.1. The van der Waals surface area contributed by atoms with Gasteiger partial charge in [0.2, 0.25) is 11.8 Å². The predicted octanol–water partition coefficient (Wildman–Crippen LogP) is 4.20. The average Bonchev–Trinajstić information content (AvgIpc) is 2.71. The molecule has 0 spiro atoms. The topological polar surface area (TPSA) is 106 Å². The Morgan fingerprint density at radius 2 is 1.66 bits per heavy atom. The second-order valence-electron chi connectivity index (χ2n) is 7.91. The van der Waals surface area contributed by atoms with Crippen molar-refractivity contribution in [1.29, 1.82) is 0 Å². The van der Waals surface area contributed by atoms with Crippen molar-refractivity contribution in [2.24, 2.45) is 0 Å². The first kappa shape index (κ1) is 24.5. The van der Waals surface area contributed by atoms with Crippen LogP contribution in [0.4, 0.5) is 16.2 Å². The monoisotopic (exact) mass is 439 g/mol.